The molecule has 0 spiro atoms. The summed E-state index contributed by atoms with van der Waals surface area (Å²) in [5.41, 5.74) is 1.87. The number of hydrogen-bond acceptors (Lipinski definition) is 7. The summed E-state index contributed by atoms with van der Waals surface area (Å²) < 4.78 is 0. The molecular formula is C22H21N3O7S. The second-order valence-electron chi connectivity index (χ2n) is 7.91. The van der Waals surface area contributed by atoms with Gasteiger partial charge in [-0.3, -0.25) is 14.4 Å². The van der Waals surface area contributed by atoms with Crippen molar-refractivity contribution in [1.82, 2.24) is 10.6 Å². The molecule has 4 rings (SSSR count). The van der Waals surface area contributed by atoms with Crippen LogP contribution >= 0.6 is 11.3 Å². The van der Waals surface area contributed by atoms with E-state index < -0.39 is 23.8 Å². The first-order chi connectivity index (χ1) is 15.8. The van der Waals surface area contributed by atoms with Gasteiger partial charge in [0.25, 0.3) is 0 Å². The lowest BCUT2D eigenvalue weighted by Gasteiger charge is -2.26. The molecule has 2 amide bonds. The Morgan fingerprint density at radius 3 is 2.64 bits per heavy atom. The van der Waals surface area contributed by atoms with Gasteiger partial charge in [0.05, 0.1) is 5.56 Å². The number of aliphatic carboxylic acids is 1. The smallest absolute Gasteiger partial charge is 0.394 e. The minimum Gasteiger partial charge on any atom is -0.478 e. The molecule has 33 heavy (non-hydrogen) atoms. The number of thiophene rings is 1. The van der Waals surface area contributed by atoms with Gasteiger partial charge in [-0.15, -0.1) is 11.3 Å². The van der Waals surface area contributed by atoms with Crippen LogP contribution in [0.15, 0.2) is 24.3 Å². The van der Waals surface area contributed by atoms with E-state index in [9.17, 15) is 29.1 Å². The van der Waals surface area contributed by atoms with Crippen LogP contribution in [0.25, 0.3) is 0 Å². The molecule has 172 valence electrons. The number of anilines is 1. The molecule has 2 aliphatic rings. The second kappa shape index (κ2) is 9.12. The van der Waals surface area contributed by atoms with Crippen molar-refractivity contribution in [2.45, 2.75) is 31.8 Å². The van der Waals surface area contributed by atoms with Crippen LogP contribution in [0.3, 0.4) is 0 Å². The molecule has 0 radical (unpaired) electrons. The number of carboxylic acid groups (broad SMARTS) is 2. The van der Waals surface area contributed by atoms with Crippen LogP contribution in [0, 0.1) is 5.92 Å². The monoisotopic (exact) mass is 471 g/mol. The van der Waals surface area contributed by atoms with Crippen molar-refractivity contribution in [3.05, 3.63) is 51.4 Å². The number of rotatable bonds is 5. The standard InChI is InChI=1S/C22H21N3O7S/c26-17-12-4-2-1-3-10(12)5-6-13(17)18(27)24-8-11-7-14-15(9-23-11)33-20(16(14)21(29)30)25-19(28)22(31)32/h1-4,11,13,23H,5-9H2,(H,24,27)(H,25,28)(H,29,30)(H,31,32)/t11-,13?/m0/s1. The van der Waals surface area contributed by atoms with Crippen molar-refractivity contribution in [3.63, 3.8) is 0 Å². The van der Waals surface area contributed by atoms with Crippen LogP contribution in [-0.2, 0) is 33.8 Å². The Hall–Kier alpha value is -3.57. The van der Waals surface area contributed by atoms with E-state index in [4.69, 9.17) is 5.11 Å². The lowest BCUT2D eigenvalue weighted by atomic mass is 9.82. The maximum absolute atomic E-state index is 12.7. The van der Waals surface area contributed by atoms with Gasteiger partial charge in [-0.25, -0.2) is 9.59 Å². The fraction of sp³-hybridized carbons (Fsp3) is 0.318. The summed E-state index contributed by atoms with van der Waals surface area (Å²) in [6.07, 6.45) is 1.34. The zero-order valence-electron chi connectivity index (χ0n) is 17.3. The fourth-order valence-corrected chi connectivity index (χ4v) is 5.40. The molecule has 11 heteroatoms. The third kappa shape index (κ3) is 4.50. The topological polar surface area (TPSA) is 162 Å². The van der Waals surface area contributed by atoms with Gasteiger partial charge < -0.3 is 26.2 Å². The van der Waals surface area contributed by atoms with E-state index in [0.29, 0.717) is 35.4 Å². The highest BCUT2D eigenvalue weighted by molar-refractivity contribution is 7.17. The molecule has 1 aliphatic carbocycles. The number of benzene rings is 1. The number of amides is 2. The summed E-state index contributed by atoms with van der Waals surface area (Å²) >= 11 is 1.01. The van der Waals surface area contributed by atoms with Gasteiger partial charge in [0, 0.05) is 29.6 Å². The molecule has 0 bridgehead atoms. The van der Waals surface area contributed by atoms with Crippen molar-refractivity contribution in [1.29, 1.82) is 0 Å². The van der Waals surface area contributed by atoms with Crippen LogP contribution in [0.5, 0.6) is 0 Å². The molecule has 1 aromatic carbocycles. The molecule has 0 saturated heterocycles. The lowest BCUT2D eigenvalue weighted by molar-refractivity contribution is -0.147. The number of aryl methyl sites for hydroxylation is 1. The van der Waals surface area contributed by atoms with E-state index in [0.717, 1.165) is 16.9 Å². The number of nitrogens with one attached hydrogen (secondary N) is 3. The Morgan fingerprint density at radius 2 is 1.91 bits per heavy atom. The van der Waals surface area contributed by atoms with Gasteiger partial charge in [-0.05, 0) is 30.4 Å². The van der Waals surface area contributed by atoms with E-state index in [1.807, 2.05) is 12.1 Å². The van der Waals surface area contributed by atoms with Crippen LogP contribution in [-0.4, -0.2) is 52.3 Å². The summed E-state index contributed by atoms with van der Waals surface area (Å²) in [6.45, 7) is 0.495. The first-order valence-corrected chi connectivity index (χ1v) is 11.1. The molecule has 1 aliphatic heterocycles. The maximum Gasteiger partial charge on any atom is 0.394 e. The molecule has 5 N–H and O–H groups in total. The van der Waals surface area contributed by atoms with E-state index >= 15 is 0 Å². The number of carbonyl (C=O) groups is 5. The zero-order chi connectivity index (χ0) is 23.7. The van der Waals surface area contributed by atoms with Gasteiger partial charge in [0.2, 0.25) is 5.91 Å². The van der Waals surface area contributed by atoms with Gasteiger partial charge in [0.15, 0.2) is 5.78 Å². The predicted octanol–water partition coefficient (Wildman–Crippen LogP) is 1.05. The number of fused-ring (bicyclic) bond motifs is 2. The molecule has 2 aromatic rings. The average molecular weight is 471 g/mol. The highest BCUT2D eigenvalue weighted by Crippen LogP contribution is 2.36. The molecule has 0 saturated carbocycles. The Balaban J connectivity index is 1.42. The van der Waals surface area contributed by atoms with E-state index in [1.54, 1.807) is 12.1 Å². The molecule has 1 unspecified atom stereocenters. The van der Waals surface area contributed by atoms with E-state index in [-0.39, 0.29) is 41.3 Å². The molecule has 1 aromatic heterocycles. The highest BCUT2D eigenvalue weighted by atomic mass is 32.1. The number of carboxylic acids is 2. The predicted molar refractivity (Wildman–Crippen MR) is 117 cm³/mol. The van der Waals surface area contributed by atoms with Gasteiger partial charge in [-0.1, -0.05) is 24.3 Å². The minimum atomic E-state index is -1.71. The number of Topliss-reactive ketones (excluding diaryl/α,β-unsaturated/α-hetero) is 1. The highest BCUT2D eigenvalue weighted by Gasteiger charge is 2.34. The van der Waals surface area contributed by atoms with Crippen LogP contribution in [0.4, 0.5) is 5.00 Å². The van der Waals surface area contributed by atoms with Crippen molar-refractivity contribution < 1.29 is 34.2 Å². The van der Waals surface area contributed by atoms with Gasteiger partial charge in [-0.2, -0.15) is 0 Å². The van der Waals surface area contributed by atoms with Crippen molar-refractivity contribution in [2.75, 3.05) is 11.9 Å². The summed E-state index contributed by atoms with van der Waals surface area (Å²) in [5.74, 6) is -5.61. The summed E-state index contributed by atoms with van der Waals surface area (Å²) in [6, 6.07) is 6.96. The second-order valence-corrected chi connectivity index (χ2v) is 9.02. The number of aromatic carboxylic acids is 1. The van der Waals surface area contributed by atoms with Crippen molar-refractivity contribution >= 4 is 45.9 Å². The molecule has 10 nitrogen and oxygen atoms in total. The Labute approximate surface area is 192 Å². The zero-order valence-corrected chi connectivity index (χ0v) is 18.2. The Morgan fingerprint density at radius 1 is 1.15 bits per heavy atom. The Kier molecular flexibility index (Phi) is 6.25. The fourth-order valence-electron chi connectivity index (χ4n) is 4.24. The minimum absolute atomic E-state index is 0.0298. The van der Waals surface area contributed by atoms with Crippen molar-refractivity contribution in [2.24, 2.45) is 5.92 Å². The van der Waals surface area contributed by atoms with Gasteiger partial charge in [0.1, 0.15) is 10.9 Å². The average Bonchev–Trinajstić information content (AvgIpc) is 3.15. The van der Waals surface area contributed by atoms with Gasteiger partial charge >= 0.3 is 17.8 Å². The van der Waals surface area contributed by atoms with Crippen molar-refractivity contribution in [3.8, 4) is 0 Å². The quantitative estimate of drug-likeness (QED) is 0.319. The molecule has 2 atom stereocenters. The van der Waals surface area contributed by atoms with E-state index in [2.05, 4.69) is 16.0 Å². The molecular weight excluding hydrogens is 450 g/mol. The van der Waals surface area contributed by atoms with Crippen LogP contribution < -0.4 is 16.0 Å². The normalized spacial score (nSPS) is 19.2. The summed E-state index contributed by atoms with van der Waals surface area (Å²) in [5, 5.41) is 26.5. The Bertz CT molecular complexity index is 1170. The summed E-state index contributed by atoms with van der Waals surface area (Å²) in [7, 11) is 0. The first kappa shape index (κ1) is 22.6. The maximum atomic E-state index is 12.7. The largest absolute Gasteiger partial charge is 0.478 e. The SMILES string of the molecule is O=C(O)C(=O)Nc1sc2c(c1C(=O)O)C[C@@H](CNC(=O)C1CCc3ccccc3C1=O)NC2. The summed E-state index contributed by atoms with van der Waals surface area (Å²) in [4.78, 5) is 60.2. The lowest BCUT2D eigenvalue weighted by Crippen LogP contribution is -2.47. The number of carbonyl (C=O) groups excluding carboxylic acids is 3. The third-order valence-electron chi connectivity index (χ3n) is 5.87. The molecule has 2 heterocycles. The van der Waals surface area contributed by atoms with Crippen LogP contribution in [0.1, 0.15) is 43.1 Å². The number of hydrogen-bond donors (Lipinski definition) is 5. The number of ketones is 1. The van der Waals surface area contributed by atoms with Crippen LogP contribution in [0.2, 0.25) is 0 Å². The third-order valence-corrected chi connectivity index (χ3v) is 7.02. The molecule has 0 fully saturated rings. The van der Waals surface area contributed by atoms with E-state index in [1.165, 1.54) is 0 Å². The first-order valence-electron chi connectivity index (χ1n) is 10.3.